The van der Waals surface area contributed by atoms with Gasteiger partial charge in [0.15, 0.2) is 0 Å². The van der Waals surface area contributed by atoms with Crippen molar-refractivity contribution in [1.82, 2.24) is 0 Å². The maximum Gasteiger partial charge on any atom is 0.124 e. The molecule has 1 atom stereocenters. The summed E-state index contributed by atoms with van der Waals surface area (Å²) in [6.45, 7) is 2.17. The normalized spacial score (nSPS) is 19.2. The Labute approximate surface area is 115 Å². The number of aliphatic hydroxyl groups is 1. The first-order valence-corrected chi connectivity index (χ1v) is 7.07. The van der Waals surface area contributed by atoms with Crippen molar-refractivity contribution in [1.29, 1.82) is 0 Å². The minimum atomic E-state index is -0.481. The Balaban J connectivity index is 2.38. The average molecular weight is 264 g/mol. The molecular formula is C16H24O3. The predicted molar refractivity (Wildman–Crippen MR) is 75.7 cm³/mol. The number of benzene rings is 1. The summed E-state index contributed by atoms with van der Waals surface area (Å²) in [6.07, 6.45) is 5.10. The molecule has 1 aliphatic carbocycles. The Hall–Kier alpha value is -1.22. The van der Waals surface area contributed by atoms with Gasteiger partial charge in [0, 0.05) is 11.0 Å². The van der Waals surface area contributed by atoms with Crippen LogP contribution in [-0.4, -0.2) is 19.3 Å². The van der Waals surface area contributed by atoms with Gasteiger partial charge in [-0.1, -0.05) is 19.8 Å². The zero-order chi connectivity index (χ0) is 13.9. The maximum absolute atomic E-state index is 10.9. The van der Waals surface area contributed by atoms with Crippen LogP contribution in [0.2, 0.25) is 0 Å². The molecule has 106 valence electrons. The first kappa shape index (κ1) is 14.2. The summed E-state index contributed by atoms with van der Waals surface area (Å²) < 4.78 is 10.7. The Morgan fingerprint density at radius 2 is 1.89 bits per heavy atom. The molecule has 0 aliphatic heterocycles. The van der Waals surface area contributed by atoms with Gasteiger partial charge in [0.25, 0.3) is 0 Å². The van der Waals surface area contributed by atoms with Crippen molar-refractivity contribution in [2.75, 3.05) is 14.2 Å². The summed E-state index contributed by atoms with van der Waals surface area (Å²) in [5.41, 5.74) is 0.852. The number of rotatable bonds is 5. The highest BCUT2D eigenvalue weighted by Crippen LogP contribution is 2.51. The van der Waals surface area contributed by atoms with Gasteiger partial charge in [0.2, 0.25) is 0 Å². The van der Waals surface area contributed by atoms with Gasteiger partial charge in [0.05, 0.1) is 20.3 Å². The molecule has 0 radical (unpaired) electrons. The minimum Gasteiger partial charge on any atom is -0.497 e. The summed E-state index contributed by atoms with van der Waals surface area (Å²) in [5, 5.41) is 10.9. The molecule has 0 bridgehead atoms. The van der Waals surface area contributed by atoms with Crippen molar-refractivity contribution < 1.29 is 14.6 Å². The standard InChI is InChI=1S/C16H24O3/c1-4-16(9-5-6-10-16)15(17)13-11-12(18-2)7-8-14(13)19-3/h7-8,11,15,17H,4-6,9-10H2,1-3H3. The molecule has 3 nitrogen and oxygen atoms in total. The first-order chi connectivity index (χ1) is 9.16. The lowest BCUT2D eigenvalue weighted by Crippen LogP contribution is -2.25. The Morgan fingerprint density at radius 1 is 1.21 bits per heavy atom. The number of methoxy groups -OCH3 is 2. The highest BCUT2D eigenvalue weighted by atomic mass is 16.5. The molecule has 0 aromatic heterocycles. The van der Waals surface area contributed by atoms with E-state index in [2.05, 4.69) is 6.92 Å². The molecule has 2 rings (SSSR count). The van der Waals surface area contributed by atoms with E-state index in [1.165, 1.54) is 12.8 Å². The van der Waals surface area contributed by atoms with E-state index in [0.29, 0.717) is 0 Å². The van der Waals surface area contributed by atoms with Crippen molar-refractivity contribution in [3.8, 4) is 11.5 Å². The van der Waals surface area contributed by atoms with Crippen molar-refractivity contribution >= 4 is 0 Å². The van der Waals surface area contributed by atoms with Crippen LogP contribution in [0.4, 0.5) is 0 Å². The minimum absolute atomic E-state index is 0.000352. The third-order valence-electron chi connectivity index (χ3n) is 4.61. The van der Waals surface area contributed by atoms with E-state index >= 15 is 0 Å². The summed E-state index contributed by atoms with van der Waals surface area (Å²) in [6, 6.07) is 5.64. The molecule has 0 spiro atoms. The monoisotopic (exact) mass is 264 g/mol. The third kappa shape index (κ3) is 2.57. The van der Waals surface area contributed by atoms with Crippen molar-refractivity contribution in [3.63, 3.8) is 0 Å². The second kappa shape index (κ2) is 5.83. The van der Waals surface area contributed by atoms with Crippen LogP contribution in [0.5, 0.6) is 11.5 Å². The fourth-order valence-corrected chi connectivity index (χ4v) is 3.28. The molecule has 0 amide bonds. The largest absolute Gasteiger partial charge is 0.497 e. The number of ether oxygens (including phenoxy) is 2. The summed E-state index contributed by atoms with van der Waals surface area (Å²) >= 11 is 0. The van der Waals surface area contributed by atoms with Gasteiger partial charge in [-0.3, -0.25) is 0 Å². The zero-order valence-corrected chi connectivity index (χ0v) is 12.1. The number of hydrogen-bond acceptors (Lipinski definition) is 3. The van der Waals surface area contributed by atoms with Gasteiger partial charge < -0.3 is 14.6 Å². The molecular weight excluding hydrogens is 240 g/mol. The molecule has 1 fully saturated rings. The van der Waals surface area contributed by atoms with E-state index in [4.69, 9.17) is 9.47 Å². The Kier molecular flexibility index (Phi) is 4.35. The summed E-state index contributed by atoms with van der Waals surface area (Å²) in [7, 11) is 3.29. The molecule has 1 aliphatic rings. The van der Waals surface area contributed by atoms with Crippen LogP contribution in [0.15, 0.2) is 18.2 Å². The molecule has 0 heterocycles. The fourth-order valence-electron chi connectivity index (χ4n) is 3.28. The van der Waals surface area contributed by atoms with E-state index in [1.54, 1.807) is 14.2 Å². The van der Waals surface area contributed by atoms with E-state index in [1.807, 2.05) is 18.2 Å². The van der Waals surface area contributed by atoms with Gasteiger partial charge in [-0.2, -0.15) is 0 Å². The second-order valence-corrected chi connectivity index (χ2v) is 5.43. The first-order valence-electron chi connectivity index (χ1n) is 7.07. The van der Waals surface area contributed by atoms with Crippen LogP contribution >= 0.6 is 0 Å². The molecule has 1 N–H and O–H groups in total. The van der Waals surface area contributed by atoms with Gasteiger partial charge in [-0.05, 0) is 37.5 Å². The zero-order valence-electron chi connectivity index (χ0n) is 12.1. The van der Waals surface area contributed by atoms with E-state index in [9.17, 15) is 5.11 Å². The van der Waals surface area contributed by atoms with Crippen LogP contribution in [0.1, 0.15) is 50.7 Å². The topological polar surface area (TPSA) is 38.7 Å². The fraction of sp³-hybridized carbons (Fsp3) is 0.625. The SMILES string of the molecule is CCC1(C(O)c2cc(OC)ccc2OC)CCCC1. The van der Waals surface area contributed by atoms with E-state index in [-0.39, 0.29) is 5.41 Å². The van der Waals surface area contributed by atoms with Crippen LogP contribution in [-0.2, 0) is 0 Å². The van der Waals surface area contributed by atoms with Crippen LogP contribution in [0.25, 0.3) is 0 Å². The average Bonchev–Trinajstić information content (AvgIpc) is 2.95. The number of aliphatic hydroxyl groups excluding tert-OH is 1. The van der Waals surface area contributed by atoms with Gasteiger partial charge >= 0.3 is 0 Å². The van der Waals surface area contributed by atoms with Gasteiger partial charge in [-0.25, -0.2) is 0 Å². The molecule has 1 aromatic rings. The molecule has 0 saturated heterocycles. The van der Waals surface area contributed by atoms with E-state index in [0.717, 1.165) is 36.3 Å². The Morgan fingerprint density at radius 3 is 2.42 bits per heavy atom. The van der Waals surface area contributed by atoms with Crippen molar-refractivity contribution in [2.45, 2.75) is 45.1 Å². The van der Waals surface area contributed by atoms with Crippen molar-refractivity contribution in [2.24, 2.45) is 5.41 Å². The van der Waals surface area contributed by atoms with Gasteiger partial charge in [0.1, 0.15) is 11.5 Å². The molecule has 3 heteroatoms. The lowest BCUT2D eigenvalue weighted by Gasteiger charge is -2.34. The van der Waals surface area contributed by atoms with Crippen LogP contribution < -0.4 is 9.47 Å². The smallest absolute Gasteiger partial charge is 0.124 e. The lowest BCUT2D eigenvalue weighted by molar-refractivity contribution is 0.0219. The second-order valence-electron chi connectivity index (χ2n) is 5.43. The van der Waals surface area contributed by atoms with Gasteiger partial charge in [-0.15, -0.1) is 0 Å². The quantitative estimate of drug-likeness (QED) is 0.881. The predicted octanol–water partition coefficient (Wildman–Crippen LogP) is 3.71. The maximum atomic E-state index is 10.9. The van der Waals surface area contributed by atoms with Crippen molar-refractivity contribution in [3.05, 3.63) is 23.8 Å². The highest BCUT2D eigenvalue weighted by molar-refractivity contribution is 5.42. The Bertz CT molecular complexity index is 422. The summed E-state index contributed by atoms with van der Waals surface area (Å²) in [5.74, 6) is 1.51. The van der Waals surface area contributed by atoms with E-state index < -0.39 is 6.10 Å². The lowest BCUT2D eigenvalue weighted by atomic mass is 9.75. The third-order valence-corrected chi connectivity index (χ3v) is 4.61. The highest BCUT2D eigenvalue weighted by Gasteiger charge is 2.40. The molecule has 1 unspecified atom stereocenters. The number of hydrogen-bond donors (Lipinski definition) is 1. The van der Waals surface area contributed by atoms with Crippen LogP contribution in [0.3, 0.4) is 0 Å². The molecule has 19 heavy (non-hydrogen) atoms. The molecule has 1 saturated carbocycles. The molecule has 1 aromatic carbocycles. The van der Waals surface area contributed by atoms with Crippen LogP contribution in [0, 0.1) is 5.41 Å². The summed E-state index contributed by atoms with van der Waals surface area (Å²) in [4.78, 5) is 0.